The molecule has 31 heavy (non-hydrogen) atoms. The Kier molecular flexibility index (Phi) is 6.74. The number of pyridine rings is 1. The summed E-state index contributed by atoms with van der Waals surface area (Å²) in [7, 11) is 0. The zero-order valence-electron chi connectivity index (χ0n) is 17.4. The Morgan fingerprint density at radius 1 is 1.19 bits per heavy atom. The Bertz CT molecular complexity index is 1030. The van der Waals surface area contributed by atoms with Gasteiger partial charge in [0.1, 0.15) is 11.5 Å². The Hall–Kier alpha value is -3.03. The van der Waals surface area contributed by atoms with Crippen LogP contribution in [0.15, 0.2) is 60.2 Å². The number of thiophene rings is 1. The summed E-state index contributed by atoms with van der Waals surface area (Å²) in [6.07, 6.45) is 6.29. The summed E-state index contributed by atoms with van der Waals surface area (Å²) in [6.45, 7) is 3.14. The van der Waals surface area contributed by atoms with Crippen molar-refractivity contribution in [2.45, 2.75) is 38.8 Å². The molecule has 7 heteroatoms. The number of hydrogen-bond donors (Lipinski definition) is 1. The number of nitrogens with zero attached hydrogens (tertiary/aromatic N) is 2. The molecule has 6 nitrogen and oxygen atoms in total. The van der Waals surface area contributed by atoms with Crippen molar-refractivity contribution >= 4 is 28.7 Å². The van der Waals surface area contributed by atoms with Gasteiger partial charge in [0, 0.05) is 18.4 Å². The summed E-state index contributed by atoms with van der Waals surface area (Å²) in [6, 6.07) is 12.8. The van der Waals surface area contributed by atoms with E-state index in [0.717, 1.165) is 41.9 Å². The van der Waals surface area contributed by atoms with Crippen molar-refractivity contribution in [2.24, 2.45) is 0 Å². The van der Waals surface area contributed by atoms with E-state index in [2.05, 4.69) is 15.2 Å². The molecule has 0 saturated carbocycles. The van der Waals surface area contributed by atoms with Gasteiger partial charge >= 0.3 is 0 Å². The van der Waals surface area contributed by atoms with Gasteiger partial charge in [-0.15, -0.1) is 11.3 Å². The Morgan fingerprint density at radius 3 is 2.74 bits per heavy atom. The van der Waals surface area contributed by atoms with Crippen molar-refractivity contribution < 1.29 is 14.3 Å². The topological polar surface area (TPSA) is 71.5 Å². The first-order valence-electron chi connectivity index (χ1n) is 10.4. The van der Waals surface area contributed by atoms with Crippen LogP contribution in [0.4, 0.5) is 5.69 Å². The number of aromatic nitrogens is 1. The highest BCUT2D eigenvalue weighted by atomic mass is 32.1. The van der Waals surface area contributed by atoms with Gasteiger partial charge in [-0.05, 0) is 79.7 Å². The van der Waals surface area contributed by atoms with Crippen LogP contribution in [0.25, 0.3) is 0 Å². The molecular formula is C24H25N3O3S. The smallest absolute Gasteiger partial charge is 0.241 e. The SMILES string of the molecule is CC(=O)c1cc(CN2CCCC[C@H]2C(=O)Nc2ccc(Oc3cccnc3)cc2)cs1. The van der Waals surface area contributed by atoms with E-state index in [1.54, 1.807) is 19.3 Å². The third-order valence-corrected chi connectivity index (χ3v) is 6.37. The van der Waals surface area contributed by atoms with Gasteiger partial charge in [-0.3, -0.25) is 19.5 Å². The van der Waals surface area contributed by atoms with Crippen molar-refractivity contribution in [3.63, 3.8) is 0 Å². The maximum atomic E-state index is 13.0. The molecule has 2 aromatic heterocycles. The molecule has 1 saturated heterocycles. The average molecular weight is 436 g/mol. The predicted octanol–water partition coefficient (Wildman–Crippen LogP) is 5.13. The number of piperidine rings is 1. The van der Waals surface area contributed by atoms with E-state index in [9.17, 15) is 9.59 Å². The number of ether oxygens (including phenoxy) is 1. The standard InChI is InChI=1S/C24H25N3O3S/c1-17(28)23-13-18(16-31-23)15-27-12-3-2-6-22(27)24(29)26-19-7-9-20(10-8-19)30-21-5-4-11-25-14-21/h4-5,7-11,13-14,16,22H,2-3,6,12,15H2,1H3,(H,26,29)/t22-/m0/s1. The molecule has 1 amide bonds. The van der Waals surface area contributed by atoms with Gasteiger partial charge in [0.2, 0.25) is 5.91 Å². The number of anilines is 1. The Labute approximate surface area is 185 Å². The number of Topliss-reactive ketones (excluding diaryl/α,β-unsaturated/α-hetero) is 1. The highest BCUT2D eigenvalue weighted by Crippen LogP contribution is 2.25. The largest absolute Gasteiger partial charge is 0.456 e. The number of hydrogen-bond acceptors (Lipinski definition) is 6. The van der Waals surface area contributed by atoms with E-state index in [1.165, 1.54) is 11.3 Å². The number of carbonyl (C=O) groups excluding carboxylic acids is 2. The van der Waals surface area contributed by atoms with Crippen LogP contribution < -0.4 is 10.1 Å². The van der Waals surface area contributed by atoms with Crippen LogP contribution in [0.2, 0.25) is 0 Å². The van der Waals surface area contributed by atoms with Crippen molar-refractivity contribution in [3.8, 4) is 11.5 Å². The number of carbonyl (C=O) groups is 2. The molecule has 160 valence electrons. The molecular weight excluding hydrogens is 410 g/mol. The molecule has 1 atom stereocenters. The van der Waals surface area contributed by atoms with Crippen LogP contribution >= 0.6 is 11.3 Å². The number of nitrogens with one attached hydrogen (secondary N) is 1. The molecule has 1 aliphatic heterocycles. The number of amides is 1. The molecule has 0 spiro atoms. The van der Waals surface area contributed by atoms with Gasteiger partial charge in [-0.25, -0.2) is 0 Å². The van der Waals surface area contributed by atoms with E-state index in [-0.39, 0.29) is 17.7 Å². The molecule has 0 bridgehead atoms. The second kappa shape index (κ2) is 9.85. The van der Waals surface area contributed by atoms with E-state index >= 15 is 0 Å². The minimum Gasteiger partial charge on any atom is -0.456 e. The van der Waals surface area contributed by atoms with E-state index in [1.807, 2.05) is 47.8 Å². The highest BCUT2D eigenvalue weighted by molar-refractivity contribution is 7.12. The Balaban J connectivity index is 1.38. The fourth-order valence-electron chi connectivity index (χ4n) is 3.73. The first kappa shape index (κ1) is 21.2. The zero-order chi connectivity index (χ0) is 21.6. The quantitative estimate of drug-likeness (QED) is 0.521. The number of benzene rings is 1. The van der Waals surface area contributed by atoms with Gasteiger partial charge in [0.25, 0.3) is 0 Å². The van der Waals surface area contributed by atoms with Crippen LogP contribution in [-0.4, -0.2) is 34.2 Å². The fraction of sp³-hybridized carbons (Fsp3) is 0.292. The summed E-state index contributed by atoms with van der Waals surface area (Å²) in [5, 5.41) is 5.06. The Morgan fingerprint density at radius 2 is 2.03 bits per heavy atom. The molecule has 1 N–H and O–H groups in total. The van der Waals surface area contributed by atoms with Crippen LogP contribution in [0.1, 0.15) is 41.4 Å². The molecule has 0 aliphatic carbocycles. The molecule has 0 radical (unpaired) electrons. The molecule has 3 aromatic rings. The molecule has 0 unspecified atom stereocenters. The molecule has 1 aromatic carbocycles. The number of rotatable bonds is 7. The lowest BCUT2D eigenvalue weighted by molar-refractivity contribution is -0.122. The normalized spacial score (nSPS) is 16.6. The van der Waals surface area contributed by atoms with Crippen LogP contribution in [0.5, 0.6) is 11.5 Å². The molecule has 1 fully saturated rings. The molecule has 4 rings (SSSR count). The van der Waals surface area contributed by atoms with Gasteiger partial charge in [0.05, 0.1) is 17.1 Å². The van der Waals surface area contributed by atoms with Gasteiger partial charge < -0.3 is 10.1 Å². The van der Waals surface area contributed by atoms with Gasteiger partial charge in [-0.2, -0.15) is 0 Å². The summed E-state index contributed by atoms with van der Waals surface area (Å²) in [5.41, 5.74) is 1.83. The zero-order valence-corrected chi connectivity index (χ0v) is 18.2. The van der Waals surface area contributed by atoms with Crippen molar-refractivity contribution in [1.82, 2.24) is 9.88 Å². The summed E-state index contributed by atoms with van der Waals surface area (Å²) < 4.78 is 5.75. The van der Waals surface area contributed by atoms with Gasteiger partial charge in [-0.1, -0.05) is 6.42 Å². The monoisotopic (exact) mass is 435 g/mol. The molecule has 3 heterocycles. The van der Waals surface area contributed by atoms with Crippen molar-refractivity contribution in [3.05, 3.63) is 70.7 Å². The predicted molar refractivity (Wildman–Crippen MR) is 122 cm³/mol. The van der Waals surface area contributed by atoms with Crippen LogP contribution in [-0.2, 0) is 11.3 Å². The average Bonchev–Trinajstić information content (AvgIpc) is 3.25. The summed E-state index contributed by atoms with van der Waals surface area (Å²) in [5.74, 6) is 1.44. The molecule has 1 aliphatic rings. The second-order valence-electron chi connectivity index (χ2n) is 7.66. The van der Waals surface area contributed by atoms with Gasteiger partial charge in [0.15, 0.2) is 5.78 Å². The first-order chi connectivity index (χ1) is 15.1. The third kappa shape index (κ3) is 5.57. The highest BCUT2D eigenvalue weighted by Gasteiger charge is 2.29. The van der Waals surface area contributed by atoms with Crippen molar-refractivity contribution in [1.29, 1.82) is 0 Å². The van der Waals surface area contributed by atoms with Crippen molar-refractivity contribution in [2.75, 3.05) is 11.9 Å². The first-order valence-corrected chi connectivity index (χ1v) is 11.3. The fourth-order valence-corrected chi connectivity index (χ4v) is 4.54. The summed E-state index contributed by atoms with van der Waals surface area (Å²) in [4.78, 5) is 31.6. The van der Waals surface area contributed by atoms with Crippen LogP contribution in [0, 0.1) is 0 Å². The lowest BCUT2D eigenvalue weighted by atomic mass is 10.0. The lowest BCUT2D eigenvalue weighted by Gasteiger charge is -2.34. The lowest BCUT2D eigenvalue weighted by Crippen LogP contribution is -2.46. The maximum absolute atomic E-state index is 13.0. The third-order valence-electron chi connectivity index (χ3n) is 5.29. The van der Waals surface area contributed by atoms with E-state index in [0.29, 0.717) is 18.0 Å². The van der Waals surface area contributed by atoms with E-state index in [4.69, 9.17) is 4.74 Å². The van der Waals surface area contributed by atoms with E-state index < -0.39 is 0 Å². The van der Waals surface area contributed by atoms with Crippen LogP contribution in [0.3, 0.4) is 0 Å². The number of likely N-dealkylation sites (tertiary alicyclic amines) is 1. The summed E-state index contributed by atoms with van der Waals surface area (Å²) >= 11 is 1.47. The second-order valence-corrected chi connectivity index (χ2v) is 8.57. The minimum atomic E-state index is -0.180. The number of ketones is 1. The minimum absolute atomic E-state index is 0.00245. The maximum Gasteiger partial charge on any atom is 0.241 e.